The average Bonchev–Trinajstić information content (AvgIpc) is 3.10. The van der Waals surface area contributed by atoms with Crippen molar-refractivity contribution in [3.8, 4) is 0 Å². The van der Waals surface area contributed by atoms with Crippen LogP contribution in [0.2, 0.25) is 0 Å². The number of carbonyl (C=O) groups is 1. The van der Waals surface area contributed by atoms with Gasteiger partial charge in [-0.15, -0.1) is 11.3 Å². The molecule has 0 amide bonds. The normalized spacial score (nSPS) is 11.3. The van der Waals surface area contributed by atoms with Crippen molar-refractivity contribution in [2.75, 3.05) is 7.11 Å². The Kier molecular flexibility index (Phi) is 4.12. The van der Waals surface area contributed by atoms with Gasteiger partial charge >= 0.3 is 5.97 Å². The number of hydrogen-bond acceptors (Lipinski definition) is 7. The number of thiazole rings is 1. The fourth-order valence-electron chi connectivity index (χ4n) is 1.97. The Morgan fingerprint density at radius 1 is 1.50 bits per heavy atom. The maximum absolute atomic E-state index is 11.8. The van der Waals surface area contributed by atoms with Crippen LogP contribution in [0.5, 0.6) is 0 Å². The molecule has 0 fully saturated rings. The molecule has 1 aromatic carbocycles. The second-order valence-corrected chi connectivity index (χ2v) is 6.10. The zero-order valence-electron chi connectivity index (χ0n) is 11.5. The first-order chi connectivity index (χ1) is 10.7. The fourth-order valence-corrected chi connectivity index (χ4v) is 3.75. The Balaban J connectivity index is 2.05. The van der Waals surface area contributed by atoms with Gasteiger partial charge in [0.2, 0.25) is 0 Å². The Morgan fingerprint density at radius 2 is 2.32 bits per heavy atom. The molecule has 6 nitrogen and oxygen atoms in total. The molecule has 8 heteroatoms. The lowest BCUT2D eigenvalue weighted by Gasteiger charge is -2.06. The van der Waals surface area contributed by atoms with Gasteiger partial charge in [0.15, 0.2) is 4.96 Å². The third-order valence-electron chi connectivity index (χ3n) is 2.94. The molecule has 0 bridgehead atoms. The molecule has 0 aliphatic rings. The lowest BCUT2D eigenvalue weighted by atomic mass is 10.2. The van der Waals surface area contributed by atoms with Crippen LogP contribution in [0.4, 0.5) is 0 Å². The average molecular weight is 333 g/mol. The molecule has 2 aromatic heterocycles. The van der Waals surface area contributed by atoms with Gasteiger partial charge in [-0.3, -0.25) is 4.40 Å². The van der Waals surface area contributed by atoms with Gasteiger partial charge in [-0.25, -0.2) is 9.78 Å². The summed E-state index contributed by atoms with van der Waals surface area (Å²) in [6.07, 6.45) is 3.18. The van der Waals surface area contributed by atoms with Gasteiger partial charge in [0.25, 0.3) is 0 Å². The SMILES string of the molecule is COC(=O)c1ccccc1Sc1nc2sccn2c1/C=N\O. The standard InChI is InChI=1S/C14H11N3O3S2/c1-20-13(18)9-4-2-3-5-11(9)22-12-10(8-15-19)17-6-7-21-14(17)16-12/h2-8,19H,1H3/b15-8-. The quantitative estimate of drug-likeness (QED) is 0.343. The summed E-state index contributed by atoms with van der Waals surface area (Å²) in [4.78, 5) is 17.8. The van der Waals surface area contributed by atoms with Crippen LogP contribution in [0, 0.1) is 0 Å². The van der Waals surface area contributed by atoms with Crippen molar-refractivity contribution in [1.82, 2.24) is 9.38 Å². The number of fused-ring (bicyclic) bond motifs is 1. The molecular weight excluding hydrogens is 322 g/mol. The molecule has 0 aliphatic carbocycles. The molecule has 1 N–H and O–H groups in total. The number of imidazole rings is 1. The molecule has 0 unspecified atom stereocenters. The molecule has 3 aromatic rings. The van der Waals surface area contributed by atoms with Crippen molar-refractivity contribution >= 4 is 40.2 Å². The number of rotatable bonds is 4. The van der Waals surface area contributed by atoms with Crippen molar-refractivity contribution in [3.63, 3.8) is 0 Å². The number of hydrogen-bond donors (Lipinski definition) is 1. The predicted molar refractivity (Wildman–Crippen MR) is 84.4 cm³/mol. The predicted octanol–water partition coefficient (Wildman–Crippen LogP) is 3.14. The molecule has 112 valence electrons. The van der Waals surface area contributed by atoms with Crippen molar-refractivity contribution in [2.45, 2.75) is 9.92 Å². The Hall–Kier alpha value is -2.32. The van der Waals surface area contributed by atoms with Gasteiger partial charge in [-0.2, -0.15) is 0 Å². The van der Waals surface area contributed by atoms with E-state index in [0.29, 0.717) is 16.3 Å². The van der Waals surface area contributed by atoms with E-state index in [0.717, 1.165) is 9.86 Å². The van der Waals surface area contributed by atoms with Crippen molar-refractivity contribution in [2.24, 2.45) is 5.16 Å². The molecule has 3 rings (SSSR count). The van der Waals surface area contributed by atoms with E-state index >= 15 is 0 Å². The van der Waals surface area contributed by atoms with Crippen LogP contribution >= 0.6 is 23.1 Å². The van der Waals surface area contributed by atoms with Gasteiger partial charge < -0.3 is 9.94 Å². The van der Waals surface area contributed by atoms with Gasteiger partial charge in [0.05, 0.1) is 18.9 Å². The molecule has 0 radical (unpaired) electrons. The van der Waals surface area contributed by atoms with Crippen LogP contribution in [-0.4, -0.2) is 33.9 Å². The molecule has 0 saturated carbocycles. The summed E-state index contributed by atoms with van der Waals surface area (Å²) in [5, 5.41) is 14.5. The van der Waals surface area contributed by atoms with E-state index < -0.39 is 5.97 Å². The molecule has 0 saturated heterocycles. The number of benzene rings is 1. The topological polar surface area (TPSA) is 76.2 Å². The zero-order valence-corrected chi connectivity index (χ0v) is 13.1. The number of esters is 1. The highest BCUT2D eigenvalue weighted by molar-refractivity contribution is 7.99. The Labute approximate surface area is 134 Å². The van der Waals surface area contributed by atoms with E-state index in [-0.39, 0.29) is 0 Å². The van der Waals surface area contributed by atoms with E-state index in [1.165, 1.54) is 36.4 Å². The molecule has 0 spiro atoms. The molecule has 2 heterocycles. The highest BCUT2D eigenvalue weighted by Gasteiger charge is 2.17. The maximum Gasteiger partial charge on any atom is 0.339 e. The lowest BCUT2D eigenvalue weighted by molar-refractivity contribution is 0.0597. The van der Waals surface area contributed by atoms with Crippen LogP contribution in [0.1, 0.15) is 16.1 Å². The summed E-state index contributed by atoms with van der Waals surface area (Å²) in [7, 11) is 1.35. The summed E-state index contributed by atoms with van der Waals surface area (Å²) < 4.78 is 6.62. The Morgan fingerprint density at radius 3 is 3.09 bits per heavy atom. The largest absolute Gasteiger partial charge is 0.465 e. The first-order valence-electron chi connectivity index (χ1n) is 6.22. The highest BCUT2D eigenvalue weighted by Crippen LogP contribution is 2.33. The molecule has 0 aliphatic heterocycles. The minimum absolute atomic E-state index is 0.401. The van der Waals surface area contributed by atoms with Gasteiger partial charge in [0.1, 0.15) is 10.7 Å². The smallest absolute Gasteiger partial charge is 0.339 e. The Bertz CT molecular complexity index is 854. The van der Waals surface area contributed by atoms with Crippen LogP contribution in [0.25, 0.3) is 4.96 Å². The van der Waals surface area contributed by atoms with Crippen LogP contribution in [-0.2, 0) is 4.74 Å². The lowest BCUT2D eigenvalue weighted by Crippen LogP contribution is -2.02. The molecule has 22 heavy (non-hydrogen) atoms. The first-order valence-corrected chi connectivity index (χ1v) is 7.92. The molecule has 0 atom stereocenters. The van der Waals surface area contributed by atoms with Crippen LogP contribution < -0.4 is 0 Å². The minimum atomic E-state index is -0.401. The summed E-state index contributed by atoms with van der Waals surface area (Å²) in [6.45, 7) is 0. The van der Waals surface area contributed by atoms with Crippen LogP contribution in [0.15, 0.2) is 50.9 Å². The number of oxime groups is 1. The van der Waals surface area contributed by atoms with E-state index in [2.05, 4.69) is 10.1 Å². The maximum atomic E-state index is 11.8. The summed E-state index contributed by atoms with van der Waals surface area (Å²) >= 11 is 2.80. The number of methoxy groups -OCH3 is 1. The number of aromatic nitrogens is 2. The van der Waals surface area contributed by atoms with Crippen molar-refractivity contribution in [1.29, 1.82) is 0 Å². The monoisotopic (exact) mass is 333 g/mol. The third kappa shape index (κ3) is 2.58. The fraction of sp³-hybridized carbons (Fsp3) is 0.0714. The zero-order chi connectivity index (χ0) is 15.5. The number of nitrogens with zero attached hydrogens (tertiary/aromatic N) is 3. The van der Waals surface area contributed by atoms with E-state index in [4.69, 9.17) is 9.94 Å². The first kappa shape index (κ1) is 14.6. The number of carbonyl (C=O) groups excluding carboxylic acids is 1. The van der Waals surface area contributed by atoms with Gasteiger partial charge in [-0.1, -0.05) is 29.1 Å². The summed E-state index contributed by atoms with van der Waals surface area (Å²) in [6, 6.07) is 7.14. The van der Waals surface area contributed by atoms with E-state index in [9.17, 15) is 4.79 Å². The van der Waals surface area contributed by atoms with Gasteiger partial charge in [0, 0.05) is 16.5 Å². The molecular formula is C14H11N3O3S2. The third-order valence-corrected chi connectivity index (χ3v) is 4.77. The second kappa shape index (κ2) is 6.20. The van der Waals surface area contributed by atoms with Crippen LogP contribution in [0.3, 0.4) is 0 Å². The number of ether oxygens (including phenoxy) is 1. The summed E-state index contributed by atoms with van der Waals surface area (Å²) in [5.41, 5.74) is 1.13. The van der Waals surface area contributed by atoms with Crippen molar-refractivity contribution < 1.29 is 14.7 Å². The minimum Gasteiger partial charge on any atom is -0.465 e. The summed E-state index contributed by atoms with van der Waals surface area (Å²) in [5.74, 6) is -0.401. The van der Waals surface area contributed by atoms with E-state index in [1.807, 2.05) is 28.1 Å². The van der Waals surface area contributed by atoms with Gasteiger partial charge in [-0.05, 0) is 12.1 Å². The highest BCUT2D eigenvalue weighted by atomic mass is 32.2. The van der Waals surface area contributed by atoms with E-state index in [1.54, 1.807) is 12.1 Å². The van der Waals surface area contributed by atoms with Crippen molar-refractivity contribution in [3.05, 3.63) is 47.1 Å². The second-order valence-electron chi connectivity index (χ2n) is 4.19.